The maximum Gasteiger partial charge on any atom is 0.330 e. The summed E-state index contributed by atoms with van der Waals surface area (Å²) in [4.78, 5) is 37.2. The molecule has 0 amide bonds. The second-order valence-electron chi connectivity index (χ2n) is 6.20. The van der Waals surface area contributed by atoms with Gasteiger partial charge in [0.1, 0.15) is 12.3 Å². The number of carbonyl (C=O) groups is 1. The molecular formula is C15H20N2O7. The summed E-state index contributed by atoms with van der Waals surface area (Å²) >= 11 is 0. The van der Waals surface area contributed by atoms with Crippen LogP contribution in [0.15, 0.2) is 15.8 Å². The molecule has 2 aliphatic rings. The molecule has 4 atom stereocenters. The molecule has 3 rings (SSSR count). The molecule has 2 aliphatic heterocycles. The summed E-state index contributed by atoms with van der Waals surface area (Å²) in [6, 6.07) is 0. The Morgan fingerprint density at radius 2 is 2.25 bits per heavy atom. The number of nitrogens with one attached hydrogen (secondary N) is 1. The predicted octanol–water partition coefficient (Wildman–Crippen LogP) is -0.784. The van der Waals surface area contributed by atoms with E-state index in [2.05, 4.69) is 4.98 Å². The first-order valence-corrected chi connectivity index (χ1v) is 7.76. The molecule has 9 heteroatoms. The van der Waals surface area contributed by atoms with E-state index in [4.69, 9.17) is 14.2 Å². The Bertz CT molecular complexity index is 755. The van der Waals surface area contributed by atoms with Crippen molar-refractivity contribution in [2.45, 2.75) is 50.7 Å². The third kappa shape index (κ3) is 2.79. The number of nitrogens with zero attached hydrogens (tertiary/aromatic N) is 1. The molecule has 1 aromatic heterocycles. The van der Waals surface area contributed by atoms with E-state index < -0.39 is 41.3 Å². The van der Waals surface area contributed by atoms with Crippen molar-refractivity contribution in [3.05, 3.63) is 32.6 Å². The van der Waals surface area contributed by atoms with Crippen molar-refractivity contribution >= 4 is 5.97 Å². The van der Waals surface area contributed by atoms with Crippen LogP contribution in [-0.4, -0.2) is 51.6 Å². The Balaban J connectivity index is 1.98. The van der Waals surface area contributed by atoms with Crippen molar-refractivity contribution in [2.24, 2.45) is 0 Å². The number of hydrogen-bond acceptors (Lipinski definition) is 7. The van der Waals surface area contributed by atoms with E-state index in [-0.39, 0.29) is 13.0 Å². The lowest BCUT2D eigenvalue weighted by molar-refractivity contribution is -0.223. The number of aliphatic hydroxyl groups excluding tert-OH is 1. The molecule has 3 heterocycles. The molecule has 9 nitrogen and oxygen atoms in total. The molecule has 0 bridgehead atoms. The molecule has 2 N–H and O–H groups in total. The fraction of sp³-hybridized carbons (Fsp3) is 0.667. The highest BCUT2D eigenvalue weighted by atomic mass is 16.6. The molecule has 2 fully saturated rings. The molecule has 0 radical (unpaired) electrons. The lowest BCUT2D eigenvalue weighted by Crippen LogP contribution is -2.57. The highest BCUT2D eigenvalue weighted by molar-refractivity contribution is 5.66. The number of aryl methyl sites for hydroxylation is 1. The largest absolute Gasteiger partial charge is 0.459 e. The maximum absolute atomic E-state index is 12.1. The number of aromatic amines is 1. The molecule has 24 heavy (non-hydrogen) atoms. The van der Waals surface area contributed by atoms with Gasteiger partial charge in [0.2, 0.25) is 0 Å². The van der Waals surface area contributed by atoms with Crippen LogP contribution in [0.3, 0.4) is 0 Å². The van der Waals surface area contributed by atoms with Crippen molar-refractivity contribution in [2.75, 3.05) is 13.2 Å². The molecule has 132 valence electrons. The van der Waals surface area contributed by atoms with Gasteiger partial charge in [-0.25, -0.2) is 4.79 Å². The van der Waals surface area contributed by atoms with Gasteiger partial charge in [0, 0.05) is 31.7 Å². The number of ether oxygens (including phenoxy) is 3. The lowest BCUT2D eigenvalue weighted by atomic mass is 9.87. The number of esters is 1. The first-order valence-electron chi connectivity index (χ1n) is 7.76. The number of aromatic nitrogens is 2. The SMILES string of the molecule is CC(=O)OC1C[C@H](n2cc(C)c(=O)[nH]c2=O)O[C@@]12COCC[C@H]2O. The fourth-order valence-electron chi connectivity index (χ4n) is 3.27. The zero-order valence-electron chi connectivity index (χ0n) is 13.5. The summed E-state index contributed by atoms with van der Waals surface area (Å²) in [5.41, 5.74) is -1.97. The van der Waals surface area contributed by atoms with Gasteiger partial charge in [-0.05, 0) is 13.3 Å². The third-order valence-electron chi connectivity index (χ3n) is 4.51. The Morgan fingerprint density at radius 3 is 2.92 bits per heavy atom. The van der Waals surface area contributed by atoms with Gasteiger partial charge in [-0.15, -0.1) is 0 Å². The third-order valence-corrected chi connectivity index (χ3v) is 4.51. The lowest BCUT2D eigenvalue weighted by Gasteiger charge is -2.40. The standard InChI is InChI=1S/C15H20N2O7/c1-8-6-17(14(21)16-13(8)20)12-5-11(23-9(2)18)15(24-12)7-22-4-3-10(15)19/h6,10-12,19H,3-5,7H2,1-2H3,(H,16,20,21)/t10-,11?,12-,15-/m1/s1. The number of aliphatic hydroxyl groups is 1. The van der Waals surface area contributed by atoms with E-state index in [0.29, 0.717) is 18.6 Å². The molecule has 1 aromatic rings. The fourth-order valence-corrected chi connectivity index (χ4v) is 3.27. The summed E-state index contributed by atoms with van der Waals surface area (Å²) < 4.78 is 18.0. The molecular weight excluding hydrogens is 320 g/mol. The molecule has 0 aromatic carbocycles. The van der Waals surface area contributed by atoms with E-state index in [1.165, 1.54) is 17.7 Å². The average Bonchev–Trinajstić information content (AvgIpc) is 2.85. The summed E-state index contributed by atoms with van der Waals surface area (Å²) in [7, 11) is 0. The average molecular weight is 340 g/mol. The second kappa shape index (κ2) is 6.15. The van der Waals surface area contributed by atoms with Crippen LogP contribution >= 0.6 is 0 Å². The number of hydrogen-bond donors (Lipinski definition) is 2. The quantitative estimate of drug-likeness (QED) is 0.677. The van der Waals surface area contributed by atoms with Crippen molar-refractivity contribution < 1.29 is 24.1 Å². The molecule has 1 spiro atoms. The summed E-state index contributed by atoms with van der Waals surface area (Å²) in [6.07, 6.45) is -0.524. The van der Waals surface area contributed by atoms with Gasteiger partial charge in [0.25, 0.3) is 5.56 Å². The van der Waals surface area contributed by atoms with Crippen LogP contribution in [0.25, 0.3) is 0 Å². The Morgan fingerprint density at radius 1 is 1.50 bits per heavy atom. The van der Waals surface area contributed by atoms with Crippen LogP contribution in [-0.2, 0) is 19.0 Å². The second-order valence-corrected chi connectivity index (χ2v) is 6.20. The van der Waals surface area contributed by atoms with Crippen LogP contribution in [0, 0.1) is 6.92 Å². The van der Waals surface area contributed by atoms with Crippen molar-refractivity contribution in [3.63, 3.8) is 0 Å². The minimum absolute atomic E-state index is 0.0553. The summed E-state index contributed by atoms with van der Waals surface area (Å²) in [5.74, 6) is -0.508. The monoisotopic (exact) mass is 340 g/mol. The Labute approximate surface area is 137 Å². The minimum atomic E-state index is -1.22. The highest BCUT2D eigenvalue weighted by Gasteiger charge is 2.57. The van der Waals surface area contributed by atoms with E-state index >= 15 is 0 Å². The van der Waals surface area contributed by atoms with E-state index in [9.17, 15) is 19.5 Å². The number of carbonyl (C=O) groups excluding carboxylic acids is 1. The van der Waals surface area contributed by atoms with Crippen molar-refractivity contribution in [1.82, 2.24) is 9.55 Å². The van der Waals surface area contributed by atoms with E-state index in [0.717, 1.165) is 0 Å². The molecule has 0 aliphatic carbocycles. The van der Waals surface area contributed by atoms with Crippen molar-refractivity contribution in [1.29, 1.82) is 0 Å². The van der Waals surface area contributed by atoms with E-state index in [1.807, 2.05) is 0 Å². The van der Waals surface area contributed by atoms with Gasteiger partial charge in [-0.2, -0.15) is 0 Å². The van der Waals surface area contributed by atoms with Crippen LogP contribution in [0.2, 0.25) is 0 Å². The van der Waals surface area contributed by atoms with Gasteiger partial charge >= 0.3 is 11.7 Å². The number of H-pyrrole nitrogens is 1. The maximum atomic E-state index is 12.1. The molecule has 1 unspecified atom stereocenters. The molecule has 0 saturated carbocycles. The van der Waals surface area contributed by atoms with Gasteiger partial charge in [0.05, 0.1) is 12.7 Å². The predicted molar refractivity (Wildman–Crippen MR) is 80.5 cm³/mol. The Hall–Kier alpha value is -1.97. The van der Waals surface area contributed by atoms with Gasteiger partial charge < -0.3 is 19.3 Å². The van der Waals surface area contributed by atoms with E-state index in [1.54, 1.807) is 6.92 Å². The minimum Gasteiger partial charge on any atom is -0.459 e. The molecule has 2 saturated heterocycles. The Kier molecular flexibility index (Phi) is 4.33. The van der Waals surface area contributed by atoms with Crippen LogP contribution < -0.4 is 11.2 Å². The van der Waals surface area contributed by atoms with Gasteiger partial charge in [-0.1, -0.05) is 0 Å². The first-order chi connectivity index (χ1) is 11.3. The van der Waals surface area contributed by atoms with Crippen LogP contribution in [0.5, 0.6) is 0 Å². The van der Waals surface area contributed by atoms with Crippen molar-refractivity contribution in [3.8, 4) is 0 Å². The summed E-state index contributed by atoms with van der Waals surface area (Å²) in [6.45, 7) is 3.27. The number of rotatable bonds is 2. The van der Waals surface area contributed by atoms with Crippen LogP contribution in [0.1, 0.15) is 31.6 Å². The topological polar surface area (TPSA) is 120 Å². The van der Waals surface area contributed by atoms with Crippen LogP contribution in [0.4, 0.5) is 0 Å². The van der Waals surface area contributed by atoms with Gasteiger partial charge in [0.15, 0.2) is 5.60 Å². The smallest absolute Gasteiger partial charge is 0.330 e. The zero-order valence-corrected chi connectivity index (χ0v) is 13.5. The summed E-state index contributed by atoms with van der Waals surface area (Å²) in [5, 5.41) is 10.4. The highest BCUT2D eigenvalue weighted by Crippen LogP contribution is 2.43. The first kappa shape index (κ1) is 16.9. The normalized spacial score (nSPS) is 32.9. The van der Waals surface area contributed by atoms with Gasteiger partial charge in [-0.3, -0.25) is 19.1 Å². The zero-order chi connectivity index (χ0) is 17.5.